The summed E-state index contributed by atoms with van der Waals surface area (Å²) in [6, 6.07) is 18.0. The molecule has 2 N–H and O–H groups in total. The summed E-state index contributed by atoms with van der Waals surface area (Å²) in [4.78, 5) is 17.4. The number of aromatic nitrogens is 1. The van der Waals surface area contributed by atoms with Gasteiger partial charge in [-0.3, -0.25) is 9.52 Å². The molecule has 0 aliphatic carbocycles. The van der Waals surface area contributed by atoms with Gasteiger partial charge >= 0.3 is 5.97 Å². The first-order valence-electron chi connectivity index (χ1n) is 10.1. The number of nitrogens with zero attached hydrogens (tertiary/aromatic N) is 1. The van der Waals surface area contributed by atoms with Crippen molar-refractivity contribution in [2.24, 2.45) is 11.3 Å². The molecule has 1 aromatic heterocycles. The van der Waals surface area contributed by atoms with Crippen molar-refractivity contribution in [1.82, 2.24) is 9.71 Å². The van der Waals surface area contributed by atoms with Gasteiger partial charge in [0.2, 0.25) is 5.88 Å². The van der Waals surface area contributed by atoms with Gasteiger partial charge in [0.1, 0.15) is 10.2 Å². The molecule has 0 aliphatic heterocycles. The van der Waals surface area contributed by atoms with Gasteiger partial charge in [-0.05, 0) is 42.0 Å². The summed E-state index contributed by atoms with van der Waals surface area (Å²) in [5, 5.41) is 12.0. The number of para-hydroxylation sites is 1. The Labute approximate surface area is 203 Å². The molecule has 5 nitrogen and oxygen atoms in total. The van der Waals surface area contributed by atoms with E-state index in [0.29, 0.717) is 17.3 Å². The molecular weight excluding hydrogens is 467 g/mol. The van der Waals surface area contributed by atoms with Crippen LogP contribution >= 0.6 is 36.0 Å². The predicted octanol–water partition coefficient (Wildman–Crippen LogP) is 6.94. The van der Waals surface area contributed by atoms with Gasteiger partial charge in [0.25, 0.3) is 0 Å². The summed E-state index contributed by atoms with van der Waals surface area (Å²) in [5.41, 5.74) is -0.837. The number of halogens is 2. The molecule has 32 heavy (non-hydrogen) atoms. The van der Waals surface area contributed by atoms with E-state index >= 15 is 0 Å². The molecule has 2 aromatic carbocycles. The van der Waals surface area contributed by atoms with E-state index in [2.05, 4.69) is 17.5 Å². The number of ether oxygens (including phenoxy) is 1. The van der Waals surface area contributed by atoms with Gasteiger partial charge in [0.15, 0.2) is 0 Å². The molecule has 168 valence electrons. The van der Waals surface area contributed by atoms with Crippen LogP contribution in [0.3, 0.4) is 0 Å². The summed E-state index contributed by atoms with van der Waals surface area (Å²) in [6.45, 7) is 3.68. The van der Waals surface area contributed by atoms with Gasteiger partial charge in [0, 0.05) is 5.39 Å². The average molecular weight is 491 g/mol. The van der Waals surface area contributed by atoms with Crippen molar-refractivity contribution < 1.29 is 14.6 Å². The van der Waals surface area contributed by atoms with Crippen LogP contribution < -0.4 is 9.46 Å². The van der Waals surface area contributed by atoms with E-state index in [-0.39, 0.29) is 16.8 Å². The normalized spacial score (nSPS) is 14.1. The number of aliphatic carboxylic acids is 1. The Hall–Kier alpha value is -2.25. The number of carbonyl (C=O) groups is 1. The minimum atomic E-state index is -1.32. The minimum absolute atomic E-state index is 0.00811. The first-order chi connectivity index (χ1) is 15.3. The highest BCUT2D eigenvalue weighted by Crippen LogP contribution is 2.46. The van der Waals surface area contributed by atoms with Gasteiger partial charge in [0.05, 0.1) is 17.2 Å². The van der Waals surface area contributed by atoms with Crippen molar-refractivity contribution in [2.75, 3.05) is 0 Å². The highest BCUT2D eigenvalue weighted by molar-refractivity contribution is 7.78. The van der Waals surface area contributed by atoms with Gasteiger partial charge in [-0.1, -0.05) is 92.3 Å². The van der Waals surface area contributed by atoms with Crippen LogP contribution in [0.5, 0.6) is 11.6 Å². The van der Waals surface area contributed by atoms with E-state index in [4.69, 9.17) is 32.9 Å². The van der Waals surface area contributed by atoms with Crippen LogP contribution in [-0.2, 0) is 4.79 Å². The van der Waals surface area contributed by atoms with Gasteiger partial charge in [-0.25, -0.2) is 4.98 Å². The number of fused-ring (bicyclic) bond motifs is 1. The van der Waals surface area contributed by atoms with E-state index in [9.17, 15) is 9.90 Å². The zero-order chi connectivity index (χ0) is 23.3. The third-order valence-electron chi connectivity index (χ3n) is 5.65. The highest BCUT2D eigenvalue weighted by Gasteiger charge is 2.49. The highest BCUT2D eigenvalue weighted by atomic mass is 35.5. The Kier molecular flexibility index (Phi) is 8.06. The molecule has 8 heteroatoms. The number of hydrogen-bond acceptors (Lipinski definition) is 5. The van der Waals surface area contributed by atoms with E-state index < -0.39 is 17.4 Å². The van der Waals surface area contributed by atoms with Gasteiger partial charge in [-0.2, -0.15) is 0 Å². The van der Waals surface area contributed by atoms with Crippen LogP contribution in [0, 0.1) is 11.3 Å². The van der Waals surface area contributed by atoms with Crippen LogP contribution in [0.2, 0.25) is 0 Å². The average Bonchev–Trinajstić information content (AvgIpc) is 2.76. The molecule has 0 radical (unpaired) electrons. The molecule has 0 amide bonds. The molecule has 0 spiro atoms. The maximum Gasteiger partial charge on any atom is 0.312 e. The molecule has 3 rings (SSSR count). The van der Waals surface area contributed by atoms with Crippen molar-refractivity contribution >= 4 is 52.8 Å². The lowest BCUT2D eigenvalue weighted by atomic mass is 9.68. The van der Waals surface area contributed by atoms with Crippen molar-refractivity contribution in [3.05, 3.63) is 76.9 Å². The summed E-state index contributed by atoms with van der Waals surface area (Å²) >= 11 is 16.0. The fourth-order valence-corrected chi connectivity index (χ4v) is 4.37. The fourth-order valence-electron chi connectivity index (χ4n) is 3.85. The molecule has 0 bridgehead atoms. The fraction of sp³-hybridized carbons (Fsp3) is 0.250. The molecule has 0 saturated carbocycles. The Morgan fingerprint density at radius 1 is 1.19 bits per heavy atom. The Bertz CT molecular complexity index is 1120. The second-order valence-corrected chi connectivity index (χ2v) is 9.01. The number of hydrogen-bond donors (Lipinski definition) is 3. The second-order valence-electron chi connectivity index (χ2n) is 7.75. The van der Waals surface area contributed by atoms with Crippen LogP contribution in [0.1, 0.15) is 32.0 Å². The number of carboxylic acids is 1. The first kappa shape index (κ1) is 24.4. The molecule has 0 fully saturated rings. The summed E-state index contributed by atoms with van der Waals surface area (Å²) in [7, 11) is 0. The lowest BCUT2D eigenvalue weighted by Gasteiger charge is -2.39. The van der Waals surface area contributed by atoms with E-state index in [1.165, 1.54) is 6.08 Å². The SMILES string of the molecule is CC(C)C(CC=C(Cl)Cl)(C(=O)O)C(NS)c1cc2ccccc2c(Oc2ccccc2)n1. The van der Waals surface area contributed by atoms with Crippen molar-refractivity contribution in [3.8, 4) is 11.6 Å². The summed E-state index contributed by atoms with van der Waals surface area (Å²) < 4.78 is 8.98. The maximum atomic E-state index is 12.6. The number of nitrogens with one attached hydrogen (secondary N) is 1. The first-order valence-corrected chi connectivity index (χ1v) is 11.3. The van der Waals surface area contributed by atoms with Crippen molar-refractivity contribution in [3.63, 3.8) is 0 Å². The molecule has 3 aromatic rings. The number of carboxylic acid groups (broad SMARTS) is 1. The molecule has 1 heterocycles. The lowest BCUT2D eigenvalue weighted by molar-refractivity contribution is -0.154. The largest absolute Gasteiger partial charge is 0.481 e. The van der Waals surface area contributed by atoms with E-state index in [1.807, 2.05) is 74.5 Å². The van der Waals surface area contributed by atoms with Crippen LogP contribution in [0.15, 0.2) is 71.2 Å². The number of thiol groups is 1. The van der Waals surface area contributed by atoms with Crippen LogP contribution in [-0.4, -0.2) is 16.1 Å². The number of rotatable bonds is 9. The van der Waals surface area contributed by atoms with Crippen molar-refractivity contribution in [1.29, 1.82) is 0 Å². The number of allylic oxidation sites excluding steroid dienone is 1. The zero-order valence-corrected chi connectivity index (χ0v) is 20.0. The predicted molar refractivity (Wildman–Crippen MR) is 132 cm³/mol. The Morgan fingerprint density at radius 3 is 2.44 bits per heavy atom. The quantitative estimate of drug-likeness (QED) is 0.283. The summed E-state index contributed by atoms with van der Waals surface area (Å²) in [6.07, 6.45) is 1.59. The standard InChI is InChI=1S/C24H24Cl2N2O3S/c1-15(2)24(23(29)30,13-12-20(25)26)21(28-32)19-14-16-8-6-7-11-18(16)22(27-19)31-17-9-4-3-5-10-17/h3-12,14-15,21,28,32H,13H2,1-2H3,(H,29,30). The van der Waals surface area contributed by atoms with Gasteiger partial charge in [-0.15, -0.1) is 0 Å². The Balaban J connectivity index is 2.20. The molecule has 0 saturated heterocycles. The van der Waals surface area contributed by atoms with Gasteiger partial charge < -0.3 is 9.84 Å². The summed E-state index contributed by atoms with van der Waals surface area (Å²) in [5.74, 6) is -0.305. The second kappa shape index (κ2) is 10.6. The molecule has 0 aliphatic rings. The third-order valence-corrected chi connectivity index (χ3v) is 6.21. The lowest BCUT2D eigenvalue weighted by Crippen LogP contribution is -2.46. The van der Waals surface area contributed by atoms with Crippen molar-refractivity contribution in [2.45, 2.75) is 26.3 Å². The smallest absolute Gasteiger partial charge is 0.312 e. The third kappa shape index (κ3) is 5.04. The topological polar surface area (TPSA) is 71.5 Å². The molecule has 2 atom stereocenters. The maximum absolute atomic E-state index is 12.6. The number of benzene rings is 2. The van der Waals surface area contributed by atoms with E-state index in [1.54, 1.807) is 0 Å². The Morgan fingerprint density at radius 2 is 1.84 bits per heavy atom. The van der Waals surface area contributed by atoms with E-state index in [0.717, 1.165) is 10.8 Å². The minimum Gasteiger partial charge on any atom is -0.481 e. The zero-order valence-electron chi connectivity index (χ0n) is 17.6. The van der Waals surface area contributed by atoms with Crippen LogP contribution in [0.4, 0.5) is 0 Å². The molecular formula is C24H24Cl2N2O3S. The monoisotopic (exact) mass is 490 g/mol. The molecule has 2 unspecified atom stereocenters. The number of pyridine rings is 1. The van der Waals surface area contributed by atoms with Crippen LogP contribution in [0.25, 0.3) is 10.8 Å².